The van der Waals surface area contributed by atoms with Crippen LogP contribution in [0.2, 0.25) is 0 Å². The van der Waals surface area contributed by atoms with Gasteiger partial charge in [-0.2, -0.15) is 0 Å². The van der Waals surface area contributed by atoms with Crippen molar-refractivity contribution in [3.63, 3.8) is 0 Å². The van der Waals surface area contributed by atoms with Gasteiger partial charge >= 0.3 is 0 Å². The van der Waals surface area contributed by atoms with Crippen molar-refractivity contribution >= 4 is 5.91 Å². The zero-order valence-electron chi connectivity index (χ0n) is 15.2. The second-order valence-corrected chi connectivity index (χ2v) is 7.79. The second-order valence-electron chi connectivity index (χ2n) is 7.79. The first kappa shape index (κ1) is 17.4. The van der Waals surface area contributed by atoms with Gasteiger partial charge in [0.05, 0.1) is 11.7 Å². The summed E-state index contributed by atoms with van der Waals surface area (Å²) in [6, 6.07) is 0.641. The summed E-state index contributed by atoms with van der Waals surface area (Å²) in [4.78, 5) is 12.7. The standard InChI is InChI=1S/C18H31N5O/c1-12(2)14-5-4-6-15(11-14)20-18(24)17-13(3)23(22-21-17)16-7-9-19-10-8-16/h12,14-16,19H,4-11H2,1-3H3,(H,20,24). The first-order valence-electron chi connectivity index (χ1n) is 9.49. The molecule has 2 atom stereocenters. The molecular weight excluding hydrogens is 302 g/mol. The van der Waals surface area contributed by atoms with E-state index in [2.05, 4.69) is 34.8 Å². The first-order chi connectivity index (χ1) is 11.6. The number of rotatable bonds is 4. The highest BCUT2D eigenvalue weighted by molar-refractivity contribution is 5.93. The van der Waals surface area contributed by atoms with Crippen LogP contribution < -0.4 is 10.6 Å². The molecule has 0 spiro atoms. The quantitative estimate of drug-likeness (QED) is 0.888. The molecule has 3 rings (SSSR count). The average Bonchev–Trinajstić information content (AvgIpc) is 2.97. The Morgan fingerprint density at radius 1 is 1.25 bits per heavy atom. The van der Waals surface area contributed by atoms with Gasteiger partial charge in [-0.1, -0.05) is 31.9 Å². The summed E-state index contributed by atoms with van der Waals surface area (Å²) < 4.78 is 1.95. The van der Waals surface area contributed by atoms with Gasteiger partial charge in [0.2, 0.25) is 0 Å². The van der Waals surface area contributed by atoms with Crippen LogP contribution in [0.15, 0.2) is 0 Å². The summed E-state index contributed by atoms with van der Waals surface area (Å²) in [6.07, 6.45) is 6.75. The molecule has 0 aromatic carbocycles. The molecule has 1 amide bonds. The lowest BCUT2D eigenvalue weighted by Gasteiger charge is -2.32. The predicted octanol–water partition coefficient (Wildman–Crippen LogP) is 2.46. The fourth-order valence-corrected chi connectivity index (χ4v) is 4.17. The largest absolute Gasteiger partial charge is 0.348 e. The minimum Gasteiger partial charge on any atom is -0.348 e. The van der Waals surface area contributed by atoms with E-state index in [9.17, 15) is 4.79 Å². The van der Waals surface area contributed by atoms with Crippen LogP contribution in [0.3, 0.4) is 0 Å². The zero-order valence-corrected chi connectivity index (χ0v) is 15.2. The Kier molecular flexibility index (Phi) is 5.54. The van der Waals surface area contributed by atoms with E-state index in [-0.39, 0.29) is 11.9 Å². The van der Waals surface area contributed by atoms with Gasteiger partial charge in [0.15, 0.2) is 5.69 Å². The molecule has 1 aromatic rings. The van der Waals surface area contributed by atoms with E-state index in [0.29, 0.717) is 17.7 Å². The lowest BCUT2D eigenvalue weighted by molar-refractivity contribution is 0.0907. The van der Waals surface area contributed by atoms with Gasteiger partial charge in [0.1, 0.15) is 0 Å². The van der Waals surface area contributed by atoms with Crippen LogP contribution in [0.25, 0.3) is 0 Å². The van der Waals surface area contributed by atoms with Crippen LogP contribution in [0.4, 0.5) is 0 Å². The molecule has 6 nitrogen and oxygen atoms in total. The van der Waals surface area contributed by atoms with E-state index in [1.165, 1.54) is 12.8 Å². The van der Waals surface area contributed by atoms with Gasteiger partial charge in [-0.3, -0.25) is 4.79 Å². The first-order valence-corrected chi connectivity index (χ1v) is 9.49. The van der Waals surface area contributed by atoms with Gasteiger partial charge in [-0.05, 0) is 57.5 Å². The maximum Gasteiger partial charge on any atom is 0.273 e. The second kappa shape index (κ2) is 7.64. The molecule has 24 heavy (non-hydrogen) atoms. The van der Waals surface area contributed by atoms with Crippen molar-refractivity contribution in [1.29, 1.82) is 0 Å². The van der Waals surface area contributed by atoms with E-state index in [1.807, 2.05) is 11.6 Å². The highest BCUT2D eigenvalue weighted by atomic mass is 16.2. The zero-order chi connectivity index (χ0) is 17.1. The normalized spacial score (nSPS) is 25.8. The number of carbonyl (C=O) groups excluding carboxylic acids is 1. The molecule has 1 aliphatic heterocycles. The highest BCUT2D eigenvalue weighted by Gasteiger charge is 2.28. The summed E-state index contributed by atoms with van der Waals surface area (Å²) in [5.74, 6) is 1.35. The molecule has 2 heterocycles. The fraction of sp³-hybridized carbons (Fsp3) is 0.833. The number of aromatic nitrogens is 3. The van der Waals surface area contributed by atoms with Gasteiger partial charge in [-0.15, -0.1) is 5.10 Å². The van der Waals surface area contributed by atoms with Crippen molar-refractivity contribution in [3.8, 4) is 0 Å². The molecule has 1 saturated carbocycles. The minimum absolute atomic E-state index is 0.0536. The van der Waals surface area contributed by atoms with E-state index in [4.69, 9.17) is 0 Å². The van der Waals surface area contributed by atoms with Crippen molar-refractivity contribution in [2.24, 2.45) is 11.8 Å². The molecule has 6 heteroatoms. The Bertz CT molecular complexity index is 562. The third-order valence-corrected chi connectivity index (χ3v) is 5.79. The molecule has 1 aliphatic carbocycles. The molecule has 0 radical (unpaired) electrons. The number of nitrogens with one attached hydrogen (secondary N) is 2. The predicted molar refractivity (Wildman–Crippen MR) is 93.9 cm³/mol. The molecule has 2 aliphatic rings. The Labute approximate surface area is 144 Å². The van der Waals surface area contributed by atoms with Crippen LogP contribution in [0.5, 0.6) is 0 Å². The van der Waals surface area contributed by atoms with Crippen LogP contribution in [0.1, 0.15) is 74.6 Å². The topological polar surface area (TPSA) is 71.8 Å². The lowest BCUT2D eigenvalue weighted by Crippen LogP contribution is -2.39. The Morgan fingerprint density at radius 2 is 2.00 bits per heavy atom. The molecule has 2 fully saturated rings. The smallest absolute Gasteiger partial charge is 0.273 e. The van der Waals surface area contributed by atoms with E-state index >= 15 is 0 Å². The number of nitrogens with zero attached hydrogens (tertiary/aromatic N) is 3. The van der Waals surface area contributed by atoms with E-state index in [0.717, 1.165) is 50.4 Å². The van der Waals surface area contributed by atoms with Crippen molar-refractivity contribution in [2.75, 3.05) is 13.1 Å². The third-order valence-electron chi connectivity index (χ3n) is 5.79. The van der Waals surface area contributed by atoms with E-state index < -0.39 is 0 Å². The van der Waals surface area contributed by atoms with Crippen molar-refractivity contribution < 1.29 is 4.79 Å². The van der Waals surface area contributed by atoms with Gasteiger partial charge in [0.25, 0.3) is 5.91 Å². The van der Waals surface area contributed by atoms with Crippen molar-refractivity contribution in [3.05, 3.63) is 11.4 Å². The summed E-state index contributed by atoms with van der Waals surface area (Å²) in [6.45, 7) is 8.54. The summed E-state index contributed by atoms with van der Waals surface area (Å²) in [5, 5.41) is 15.0. The van der Waals surface area contributed by atoms with Crippen LogP contribution >= 0.6 is 0 Å². The SMILES string of the molecule is Cc1c(C(=O)NC2CCCC(C(C)C)C2)nnn1C1CCNCC1. The Hall–Kier alpha value is -1.43. The monoisotopic (exact) mass is 333 g/mol. The van der Waals surface area contributed by atoms with E-state index in [1.54, 1.807) is 0 Å². The Balaban J connectivity index is 1.64. The number of amides is 1. The number of hydrogen-bond donors (Lipinski definition) is 2. The molecule has 1 aromatic heterocycles. The molecule has 1 saturated heterocycles. The number of piperidine rings is 1. The number of hydrogen-bond acceptors (Lipinski definition) is 4. The fourth-order valence-electron chi connectivity index (χ4n) is 4.17. The van der Waals surface area contributed by atoms with Gasteiger partial charge < -0.3 is 10.6 Å². The van der Waals surface area contributed by atoms with Crippen molar-refractivity contribution in [2.45, 2.75) is 71.4 Å². The van der Waals surface area contributed by atoms with Gasteiger partial charge in [-0.25, -0.2) is 4.68 Å². The summed E-state index contributed by atoms with van der Waals surface area (Å²) in [7, 11) is 0. The lowest BCUT2D eigenvalue weighted by atomic mass is 9.79. The average molecular weight is 333 g/mol. The summed E-state index contributed by atoms with van der Waals surface area (Å²) in [5.41, 5.74) is 1.40. The maximum absolute atomic E-state index is 12.7. The molecular formula is C18H31N5O. The summed E-state index contributed by atoms with van der Waals surface area (Å²) >= 11 is 0. The van der Waals surface area contributed by atoms with Crippen LogP contribution in [-0.4, -0.2) is 40.0 Å². The molecule has 0 bridgehead atoms. The van der Waals surface area contributed by atoms with Crippen LogP contribution in [0, 0.1) is 18.8 Å². The third kappa shape index (κ3) is 3.79. The highest BCUT2D eigenvalue weighted by Crippen LogP contribution is 2.30. The van der Waals surface area contributed by atoms with Crippen molar-refractivity contribution in [1.82, 2.24) is 25.6 Å². The van der Waals surface area contributed by atoms with Crippen LogP contribution in [-0.2, 0) is 0 Å². The molecule has 2 unspecified atom stereocenters. The maximum atomic E-state index is 12.7. The number of carbonyl (C=O) groups is 1. The van der Waals surface area contributed by atoms with Gasteiger partial charge in [0, 0.05) is 6.04 Å². The molecule has 2 N–H and O–H groups in total. The Morgan fingerprint density at radius 3 is 2.71 bits per heavy atom. The molecule has 134 valence electrons. The minimum atomic E-state index is -0.0536.